The molecule has 0 atom stereocenters. The third-order valence-corrected chi connectivity index (χ3v) is 4.38. The Labute approximate surface area is 141 Å². The highest BCUT2D eigenvalue weighted by Gasteiger charge is 2.11. The van der Waals surface area contributed by atoms with Crippen LogP contribution in [0.5, 0.6) is 0 Å². The van der Waals surface area contributed by atoms with Crippen molar-refractivity contribution in [1.29, 1.82) is 0 Å². The van der Waals surface area contributed by atoms with E-state index in [4.69, 9.17) is 4.74 Å². The topological polar surface area (TPSA) is 86.1 Å². The van der Waals surface area contributed by atoms with Crippen molar-refractivity contribution in [2.75, 3.05) is 13.7 Å². The van der Waals surface area contributed by atoms with Crippen molar-refractivity contribution in [2.45, 2.75) is 13.1 Å². The van der Waals surface area contributed by atoms with Gasteiger partial charge in [-0.05, 0) is 18.2 Å². The maximum absolute atomic E-state index is 12.2. The second-order valence-electron chi connectivity index (χ2n) is 5.03. The number of ether oxygens (including phenoxy) is 1. The number of aromatic nitrogens is 3. The number of carbonyl (C=O) groups excluding carboxylic acids is 1. The Hall–Kier alpha value is -2.58. The number of nitrogens with zero attached hydrogens (tertiary/aromatic N) is 3. The van der Waals surface area contributed by atoms with E-state index in [2.05, 4.69) is 15.4 Å². The number of methoxy groups -OCH3 is 1. The zero-order chi connectivity index (χ0) is 16.9. The molecule has 0 spiro atoms. The van der Waals surface area contributed by atoms with Crippen LogP contribution in [-0.2, 0) is 17.8 Å². The minimum atomic E-state index is -0.347. The van der Waals surface area contributed by atoms with E-state index in [9.17, 15) is 9.59 Å². The fourth-order valence-corrected chi connectivity index (χ4v) is 3.06. The maximum atomic E-state index is 12.2. The van der Waals surface area contributed by atoms with Gasteiger partial charge in [0.15, 0.2) is 0 Å². The van der Waals surface area contributed by atoms with Crippen molar-refractivity contribution < 1.29 is 9.53 Å². The second kappa shape index (κ2) is 7.33. The SMILES string of the molecule is COCCn1nc(C(=O)NCc2nc3ccccc3s2)ccc1=O. The molecule has 0 saturated carbocycles. The van der Waals surface area contributed by atoms with E-state index in [0.717, 1.165) is 15.2 Å². The molecule has 24 heavy (non-hydrogen) atoms. The Morgan fingerprint density at radius 3 is 2.92 bits per heavy atom. The number of hydrogen-bond donors (Lipinski definition) is 1. The lowest BCUT2D eigenvalue weighted by atomic mass is 10.3. The second-order valence-corrected chi connectivity index (χ2v) is 6.15. The quantitative estimate of drug-likeness (QED) is 0.731. The Bertz CT molecular complexity index is 886. The molecule has 2 heterocycles. The lowest BCUT2D eigenvalue weighted by molar-refractivity contribution is 0.0942. The number of benzene rings is 1. The number of hydrogen-bond acceptors (Lipinski definition) is 6. The summed E-state index contributed by atoms with van der Waals surface area (Å²) in [7, 11) is 1.54. The molecule has 0 radical (unpaired) electrons. The van der Waals surface area contributed by atoms with Crippen LogP contribution >= 0.6 is 11.3 Å². The molecular formula is C16H16N4O3S. The highest BCUT2D eigenvalue weighted by molar-refractivity contribution is 7.18. The van der Waals surface area contributed by atoms with Gasteiger partial charge in [-0.15, -0.1) is 11.3 Å². The van der Waals surface area contributed by atoms with Crippen molar-refractivity contribution in [1.82, 2.24) is 20.1 Å². The summed E-state index contributed by atoms with van der Waals surface area (Å²) in [6, 6.07) is 10.6. The molecule has 0 fully saturated rings. The maximum Gasteiger partial charge on any atom is 0.272 e. The number of para-hydroxylation sites is 1. The molecule has 1 aromatic carbocycles. The largest absolute Gasteiger partial charge is 0.383 e. The number of thiazole rings is 1. The summed E-state index contributed by atoms with van der Waals surface area (Å²) >= 11 is 1.53. The van der Waals surface area contributed by atoms with Crippen LogP contribution in [0.4, 0.5) is 0 Å². The first kappa shape index (κ1) is 16.3. The highest BCUT2D eigenvalue weighted by atomic mass is 32.1. The van der Waals surface area contributed by atoms with Crippen LogP contribution in [0.25, 0.3) is 10.2 Å². The highest BCUT2D eigenvalue weighted by Crippen LogP contribution is 2.21. The van der Waals surface area contributed by atoms with Crippen molar-refractivity contribution in [2.24, 2.45) is 0 Å². The minimum Gasteiger partial charge on any atom is -0.383 e. The lowest BCUT2D eigenvalue weighted by Crippen LogP contribution is -2.30. The number of carbonyl (C=O) groups is 1. The van der Waals surface area contributed by atoms with Crippen LogP contribution in [0.1, 0.15) is 15.5 Å². The lowest BCUT2D eigenvalue weighted by Gasteiger charge is -2.06. The van der Waals surface area contributed by atoms with Gasteiger partial charge in [0.2, 0.25) is 0 Å². The number of fused-ring (bicyclic) bond motifs is 1. The zero-order valence-electron chi connectivity index (χ0n) is 13.1. The molecule has 0 aliphatic rings. The molecule has 0 unspecified atom stereocenters. The van der Waals surface area contributed by atoms with Gasteiger partial charge < -0.3 is 10.1 Å². The van der Waals surface area contributed by atoms with Gasteiger partial charge in [-0.2, -0.15) is 5.10 Å². The van der Waals surface area contributed by atoms with Gasteiger partial charge >= 0.3 is 0 Å². The average molecular weight is 344 g/mol. The molecule has 3 rings (SSSR count). The van der Waals surface area contributed by atoms with Gasteiger partial charge in [-0.1, -0.05) is 12.1 Å². The van der Waals surface area contributed by atoms with Gasteiger partial charge in [-0.3, -0.25) is 9.59 Å². The molecule has 1 amide bonds. The predicted molar refractivity (Wildman–Crippen MR) is 91.2 cm³/mol. The summed E-state index contributed by atoms with van der Waals surface area (Å²) in [5.41, 5.74) is 0.833. The van der Waals surface area contributed by atoms with Gasteiger partial charge in [0, 0.05) is 13.2 Å². The van der Waals surface area contributed by atoms with Gasteiger partial charge in [0.05, 0.1) is 29.9 Å². The molecule has 8 heteroatoms. The van der Waals surface area contributed by atoms with E-state index in [1.807, 2.05) is 24.3 Å². The van der Waals surface area contributed by atoms with Crippen LogP contribution in [-0.4, -0.2) is 34.4 Å². The summed E-state index contributed by atoms with van der Waals surface area (Å²) in [5, 5.41) is 7.66. The summed E-state index contributed by atoms with van der Waals surface area (Å²) in [6.45, 7) is 0.967. The average Bonchev–Trinajstić information content (AvgIpc) is 3.02. The molecular weight excluding hydrogens is 328 g/mol. The van der Waals surface area contributed by atoms with Crippen molar-refractivity contribution in [3.63, 3.8) is 0 Å². The summed E-state index contributed by atoms with van der Waals surface area (Å²) < 4.78 is 7.22. The minimum absolute atomic E-state index is 0.187. The third-order valence-electron chi connectivity index (χ3n) is 3.34. The Balaban J connectivity index is 1.69. The van der Waals surface area contributed by atoms with E-state index in [1.165, 1.54) is 28.2 Å². The molecule has 1 N–H and O–H groups in total. The number of amides is 1. The first-order chi connectivity index (χ1) is 11.7. The fraction of sp³-hybridized carbons (Fsp3) is 0.250. The predicted octanol–water partition coefficient (Wildman–Crippen LogP) is 1.43. The van der Waals surface area contributed by atoms with Gasteiger partial charge in [0.25, 0.3) is 11.5 Å². The van der Waals surface area contributed by atoms with E-state index in [1.54, 1.807) is 7.11 Å². The molecule has 0 aliphatic heterocycles. The van der Waals surface area contributed by atoms with Crippen LogP contribution in [0.2, 0.25) is 0 Å². The first-order valence-corrected chi connectivity index (χ1v) is 8.19. The van der Waals surface area contributed by atoms with E-state index in [0.29, 0.717) is 19.7 Å². The molecule has 2 aromatic heterocycles. The molecule has 124 valence electrons. The van der Waals surface area contributed by atoms with E-state index >= 15 is 0 Å². The molecule has 0 bridgehead atoms. The van der Waals surface area contributed by atoms with E-state index in [-0.39, 0.29) is 17.2 Å². The molecule has 7 nitrogen and oxygen atoms in total. The van der Waals surface area contributed by atoms with Crippen molar-refractivity contribution in [3.8, 4) is 0 Å². The van der Waals surface area contributed by atoms with Gasteiger partial charge in [0.1, 0.15) is 10.7 Å². The van der Waals surface area contributed by atoms with Crippen LogP contribution in [0.3, 0.4) is 0 Å². The molecule has 0 aliphatic carbocycles. The van der Waals surface area contributed by atoms with Crippen molar-refractivity contribution >= 4 is 27.5 Å². The first-order valence-electron chi connectivity index (χ1n) is 7.37. The van der Waals surface area contributed by atoms with E-state index < -0.39 is 0 Å². The normalized spacial score (nSPS) is 10.9. The number of rotatable bonds is 6. The summed E-state index contributed by atoms with van der Waals surface area (Å²) in [5.74, 6) is -0.347. The fourth-order valence-electron chi connectivity index (χ4n) is 2.15. The van der Waals surface area contributed by atoms with Crippen molar-refractivity contribution in [3.05, 3.63) is 57.5 Å². The van der Waals surface area contributed by atoms with Crippen LogP contribution < -0.4 is 10.9 Å². The van der Waals surface area contributed by atoms with Crippen LogP contribution in [0, 0.1) is 0 Å². The number of nitrogens with one attached hydrogen (secondary N) is 1. The van der Waals surface area contributed by atoms with Gasteiger partial charge in [-0.25, -0.2) is 9.67 Å². The summed E-state index contributed by atoms with van der Waals surface area (Å²) in [6.07, 6.45) is 0. The molecule has 3 aromatic rings. The third kappa shape index (κ3) is 3.66. The Morgan fingerprint density at radius 1 is 1.29 bits per heavy atom. The zero-order valence-corrected chi connectivity index (χ0v) is 13.9. The van der Waals surface area contributed by atoms with Crippen LogP contribution in [0.15, 0.2) is 41.2 Å². The smallest absolute Gasteiger partial charge is 0.272 e. The Morgan fingerprint density at radius 2 is 2.12 bits per heavy atom. The Kier molecular flexibility index (Phi) is 4.97. The summed E-state index contributed by atoms with van der Waals surface area (Å²) in [4.78, 5) is 28.4. The standard InChI is InChI=1S/C16H16N4O3S/c1-23-9-8-20-15(21)7-6-12(19-20)16(22)17-10-14-18-11-4-2-3-5-13(11)24-14/h2-7H,8-10H2,1H3,(H,17,22). The monoisotopic (exact) mass is 344 g/mol. The molecule has 0 saturated heterocycles.